The predicted octanol–water partition coefficient (Wildman–Crippen LogP) is 1.05. The highest BCUT2D eigenvalue weighted by molar-refractivity contribution is 7.99. The molecule has 0 bridgehead atoms. The summed E-state index contributed by atoms with van der Waals surface area (Å²) in [5, 5.41) is 6.22. The van der Waals surface area contributed by atoms with Crippen molar-refractivity contribution in [3.8, 4) is 0 Å². The molecule has 1 fully saturated rings. The van der Waals surface area contributed by atoms with Crippen LogP contribution in [0.25, 0.3) is 0 Å². The Hall–Kier alpha value is -1.00. The zero-order valence-corrected chi connectivity index (χ0v) is 10.6. The Morgan fingerprint density at radius 1 is 1.41 bits per heavy atom. The number of benzene rings is 1. The van der Waals surface area contributed by atoms with Crippen molar-refractivity contribution in [1.82, 2.24) is 10.6 Å². The van der Waals surface area contributed by atoms with E-state index in [-0.39, 0.29) is 11.9 Å². The smallest absolute Gasteiger partial charge is 0.238 e. The Labute approximate surface area is 106 Å². The van der Waals surface area contributed by atoms with Crippen LogP contribution in [0.3, 0.4) is 0 Å². The van der Waals surface area contributed by atoms with E-state index in [1.54, 1.807) is 0 Å². The first-order valence-corrected chi connectivity index (χ1v) is 7.14. The van der Waals surface area contributed by atoms with Gasteiger partial charge >= 0.3 is 0 Å². The normalized spacial score (nSPS) is 19.9. The highest BCUT2D eigenvalue weighted by atomic mass is 32.2. The molecule has 0 spiro atoms. The maximum Gasteiger partial charge on any atom is 0.238 e. The Kier molecular flexibility index (Phi) is 4.88. The molecule has 1 heterocycles. The zero-order chi connectivity index (χ0) is 11.9. The third-order valence-electron chi connectivity index (χ3n) is 2.79. The summed E-state index contributed by atoms with van der Waals surface area (Å²) in [5.74, 6) is 2.12. The zero-order valence-electron chi connectivity index (χ0n) is 9.82. The largest absolute Gasteiger partial charge is 0.354 e. The van der Waals surface area contributed by atoms with Gasteiger partial charge < -0.3 is 10.6 Å². The van der Waals surface area contributed by atoms with Crippen LogP contribution in [0.5, 0.6) is 0 Å². The first kappa shape index (κ1) is 12.5. The van der Waals surface area contributed by atoms with Crippen molar-refractivity contribution >= 4 is 17.7 Å². The average molecular weight is 250 g/mol. The van der Waals surface area contributed by atoms with E-state index < -0.39 is 0 Å². The van der Waals surface area contributed by atoms with Crippen molar-refractivity contribution in [3.05, 3.63) is 35.9 Å². The second-order valence-corrected chi connectivity index (χ2v) is 5.26. The summed E-state index contributed by atoms with van der Waals surface area (Å²) in [6, 6.07) is 10.2. The number of rotatable bonds is 4. The van der Waals surface area contributed by atoms with Crippen molar-refractivity contribution in [2.45, 2.75) is 12.5 Å². The lowest BCUT2D eigenvalue weighted by Crippen LogP contribution is -2.49. The van der Waals surface area contributed by atoms with E-state index in [2.05, 4.69) is 22.8 Å². The molecule has 0 aromatic heterocycles. The monoisotopic (exact) mass is 250 g/mol. The highest BCUT2D eigenvalue weighted by Crippen LogP contribution is 2.07. The summed E-state index contributed by atoms with van der Waals surface area (Å²) >= 11 is 1.84. The molecule has 0 radical (unpaired) electrons. The molecule has 1 saturated heterocycles. The van der Waals surface area contributed by atoms with Gasteiger partial charge in [0.15, 0.2) is 0 Å². The summed E-state index contributed by atoms with van der Waals surface area (Å²) in [6.07, 6.45) is 0.895. The lowest BCUT2D eigenvalue weighted by Gasteiger charge is -2.22. The van der Waals surface area contributed by atoms with Gasteiger partial charge in [-0.15, -0.1) is 0 Å². The number of amides is 1. The Bertz CT molecular complexity index is 350. The molecular weight excluding hydrogens is 232 g/mol. The standard InChI is InChI=1S/C13H18N2OS/c16-13(12-10-17-9-8-14-12)15-7-6-11-4-2-1-3-5-11/h1-5,12,14H,6-10H2,(H,15,16). The van der Waals surface area contributed by atoms with E-state index in [1.165, 1.54) is 5.56 Å². The van der Waals surface area contributed by atoms with Crippen LogP contribution < -0.4 is 10.6 Å². The van der Waals surface area contributed by atoms with E-state index in [0.717, 1.165) is 24.5 Å². The van der Waals surface area contributed by atoms with Crippen molar-refractivity contribution in [3.63, 3.8) is 0 Å². The fourth-order valence-corrected chi connectivity index (χ4v) is 2.77. The van der Waals surface area contributed by atoms with Crippen LogP contribution in [0.2, 0.25) is 0 Å². The highest BCUT2D eigenvalue weighted by Gasteiger charge is 2.19. The third kappa shape index (κ3) is 4.06. The van der Waals surface area contributed by atoms with Crippen LogP contribution in [0.15, 0.2) is 30.3 Å². The molecule has 17 heavy (non-hydrogen) atoms. The van der Waals surface area contributed by atoms with Gasteiger partial charge in [-0.25, -0.2) is 0 Å². The van der Waals surface area contributed by atoms with Crippen LogP contribution in [0.1, 0.15) is 5.56 Å². The first-order valence-electron chi connectivity index (χ1n) is 5.99. The quantitative estimate of drug-likeness (QED) is 0.839. The molecule has 92 valence electrons. The second-order valence-electron chi connectivity index (χ2n) is 4.11. The van der Waals surface area contributed by atoms with Gasteiger partial charge in [-0.3, -0.25) is 4.79 Å². The van der Waals surface area contributed by atoms with Crippen molar-refractivity contribution < 1.29 is 4.79 Å². The van der Waals surface area contributed by atoms with Gasteiger partial charge in [-0.2, -0.15) is 11.8 Å². The number of carbonyl (C=O) groups is 1. The Morgan fingerprint density at radius 3 is 2.94 bits per heavy atom. The van der Waals surface area contributed by atoms with E-state index >= 15 is 0 Å². The van der Waals surface area contributed by atoms with Gasteiger partial charge in [-0.1, -0.05) is 30.3 Å². The summed E-state index contributed by atoms with van der Waals surface area (Å²) < 4.78 is 0. The van der Waals surface area contributed by atoms with E-state index in [9.17, 15) is 4.79 Å². The fourth-order valence-electron chi connectivity index (χ4n) is 1.83. The maximum atomic E-state index is 11.8. The van der Waals surface area contributed by atoms with Crippen molar-refractivity contribution in [1.29, 1.82) is 0 Å². The molecule has 0 saturated carbocycles. The van der Waals surface area contributed by atoms with Crippen LogP contribution in [-0.4, -0.2) is 36.5 Å². The number of nitrogens with one attached hydrogen (secondary N) is 2. The molecule has 1 atom stereocenters. The van der Waals surface area contributed by atoms with Crippen molar-refractivity contribution in [2.75, 3.05) is 24.6 Å². The van der Waals surface area contributed by atoms with E-state index in [1.807, 2.05) is 30.0 Å². The topological polar surface area (TPSA) is 41.1 Å². The SMILES string of the molecule is O=C(NCCc1ccccc1)C1CSCCN1. The predicted molar refractivity (Wildman–Crippen MR) is 72.3 cm³/mol. The van der Waals surface area contributed by atoms with Gasteiger partial charge in [0.25, 0.3) is 0 Å². The summed E-state index contributed by atoms with van der Waals surface area (Å²) in [6.45, 7) is 1.65. The number of hydrogen-bond acceptors (Lipinski definition) is 3. The summed E-state index contributed by atoms with van der Waals surface area (Å²) in [7, 11) is 0. The van der Waals surface area contributed by atoms with Crippen LogP contribution in [-0.2, 0) is 11.2 Å². The lowest BCUT2D eigenvalue weighted by molar-refractivity contribution is -0.122. The van der Waals surface area contributed by atoms with Crippen LogP contribution in [0, 0.1) is 0 Å². The van der Waals surface area contributed by atoms with E-state index in [0.29, 0.717) is 6.54 Å². The van der Waals surface area contributed by atoms with Crippen LogP contribution in [0.4, 0.5) is 0 Å². The molecule has 1 unspecified atom stereocenters. The number of thioether (sulfide) groups is 1. The average Bonchev–Trinajstić information content (AvgIpc) is 2.41. The molecule has 0 aliphatic carbocycles. The molecular formula is C13H18N2OS. The minimum atomic E-state index is -0.00970. The molecule has 2 N–H and O–H groups in total. The van der Waals surface area contributed by atoms with Crippen LogP contribution >= 0.6 is 11.8 Å². The van der Waals surface area contributed by atoms with Gasteiger partial charge in [-0.05, 0) is 12.0 Å². The molecule has 1 amide bonds. The first-order chi connectivity index (χ1) is 8.36. The minimum absolute atomic E-state index is 0.00970. The minimum Gasteiger partial charge on any atom is -0.354 e. The van der Waals surface area contributed by atoms with Crippen molar-refractivity contribution in [2.24, 2.45) is 0 Å². The fraction of sp³-hybridized carbons (Fsp3) is 0.462. The molecule has 3 nitrogen and oxygen atoms in total. The third-order valence-corrected chi connectivity index (χ3v) is 3.86. The molecule has 1 aliphatic heterocycles. The second kappa shape index (κ2) is 6.67. The maximum absolute atomic E-state index is 11.8. The Morgan fingerprint density at radius 2 is 2.24 bits per heavy atom. The molecule has 1 aromatic rings. The lowest BCUT2D eigenvalue weighted by atomic mass is 10.1. The molecule has 1 aromatic carbocycles. The van der Waals surface area contributed by atoms with Gasteiger partial charge in [0.05, 0.1) is 6.04 Å². The van der Waals surface area contributed by atoms with Gasteiger partial charge in [0.2, 0.25) is 5.91 Å². The Balaban J connectivity index is 1.69. The molecule has 4 heteroatoms. The summed E-state index contributed by atoms with van der Waals surface area (Å²) in [5.41, 5.74) is 1.26. The van der Waals surface area contributed by atoms with Gasteiger partial charge in [0, 0.05) is 24.6 Å². The summed E-state index contributed by atoms with van der Waals surface area (Å²) in [4.78, 5) is 11.8. The number of carbonyl (C=O) groups excluding carboxylic acids is 1. The molecule has 1 aliphatic rings. The van der Waals surface area contributed by atoms with Gasteiger partial charge in [0.1, 0.15) is 0 Å². The number of hydrogen-bond donors (Lipinski definition) is 2. The van der Waals surface area contributed by atoms with E-state index in [4.69, 9.17) is 0 Å². The molecule has 2 rings (SSSR count).